The molecule has 0 unspecified atom stereocenters. The Morgan fingerprint density at radius 3 is 1.28 bits per heavy atom. The Bertz CT molecular complexity index is 3120. The number of nitrogens with zero attached hydrogens (tertiary/aromatic N) is 2. The van der Waals surface area contributed by atoms with Crippen LogP contribution >= 0.6 is 0 Å². The third-order valence-corrected chi connectivity index (χ3v) is 12.0. The first-order valence-corrected chi connectivity index (χ1v) is 18.9. The van der Waals surface area contributed by atoms with Crippen LogP contribution in [0.4, 0.5) is 0 Å². The minimum Gasteiger partial charge on any atom is -0.309 e. The lowest BCUT2D eigenvalue weighted by Crippen LogP contribution is -2.15. The summed E-state index contributed by atoms with van der Waals surface area (Å²) in [6.07, 6.45) is 0. The zero-order valence-corrected chi connectivity index (χ0v) is 30.6. The molecule has 0 fully saturated rings. The molecule has 0 bridgehead atoms. The second-order valence-corrected chi connectivity index (χ2v) is 15.5. The topological polar surface area (TPSA) is 9.86 Å². The first kappa shape index (κ1) is 30.9. The quantitative estimate of drug-likeness (QED) is 0.174. The molecule has 1 aliphatic carbocycles. The van der Waals surface area contributed by atoms with Gasteiger partial charge in [0.15, 0.2) is 0 Å². The van der Waals surface area contributed by atoms with Gasteiger partial charge in [0, 0.05) is 38.3 Å². The van der Waals surface area contributed by atoms with Gasteiger partial charge >= 0.3 is 0 Å². The molecule has 256 valence electrons. The predicted molar refractivity (Wildman–Crippen MR) is 228 cm³/mol. The molecule has 0 spiro atoms. The maximum Gasteiger partial charge on any atom is 0.0541 e. The van der Waals surface area contributed by atoms with E-state index in [1.165, 1.54) is 105 Å². The Morgan fingerprint density at radius 2 is 0.759 bits per heavy atom. The number of para-hydroxylation sites is 3. The first-order valence-electron chi connectivity index (χ1n) is 18.9. The van der Waals surface area contributed by atoms with Gasteiger partial charge in [0.05, 0.1) is 22.1 Å². The van der Waals surface area contributed by atoms with Crippen LogP contribution in [0.1, 0.15) is 30.5 Å². The fourth-order valence-corrected chi connectivity index (χ4v) is 9.23. The Balaban J connectivity index is 0.991. The highest BCUT2D eigenvalue weighted by atomic mass is 15.0. The molecule has 8 aromatic carbocycles. The standard InChI is InChI=1S/C52H38N2/c1-33-17-23-39(24-18-33)54-49-16-10-8-14-43(49)45-30-35(22-28-51(45)54)37-20-26-41-40-25-19-36(31-46(40)52(2,3)47(41)32-37)34-21-27-50-44(29-34)42-13-7-9-15-48(42)53(50)38-11-5-4-6-12-38/h4-32H,1-3H3. The molecule has 2 heteroatoms. The van der Waals surface area contributed by atoms with Crippen LogP contribution < -0.4 is 0 Å². The van der Waals surface area contributed by atoms with Crippen LogP contribution in [0.3, 0.4) is 0 Å². The van der Waals surface area contributed by atoms with Crippen LogP contribution in [0, 0.1) is 6.92 Å². The fourth-order valence-electron chi connectivity index (χ4n) is 9.23. The summed E-state index contributed by atoms with van der Waals surface area (Å²) in [7, 11) is 0. The van der Waals surface area contributed by atoms with Crippen molar-refractivity contribution < 1.29 is 0 Å². The highest BCUT2D eigenvalue weighted by molar-refractivity contribution is 6.11. The van der Waals surface area contributed by atoms with Gasteiger partial charge in [-0.2, -0.15) is 0 Å². The van der Waals surface area contributed by atoms with Gasteiger partial charge in [-0.05, 0) is 124 Å². The molecule has 0 amide bonds. The molecule has 0 atom stereocenters. The second-order valence-electron chi connectivity index (χ2n) is 15.5. The Labute approximate surface area is 315 Å². The van der Waals surface area contributed by atoms with Crippen molar-refractivity contribution >= 4 is 43.6 Å². The van der Waals surface area contributed by atoms with Gasteiger partial charge in [0.25, 0.3) is 0 Å². The van der Waals surface area contributed by atoms with E-state index in [9.17, 15) is 0 Å². The van der Waals surface area contributed by atoms with Crippen molar-refractivity contribution in [1.29, 1.82) is 0 Å². The van der Waals surface area contributed by atoms with Gasteiger partial charge in [0.1, 0.15) is 0 Å². The lowest BCUT2D eigenvalue weighted by Gasteiger charge is -2.22. The minimum absolute atomic E-state index is 0.143. The van der Waals surface area contributed by atoms with Crippen LogP contribution in [0.2, 0.25) is 0 Å². The van der Waals surface area contributed by atoms with Crippen molar-refractivity contribution in [2.24, 2.45) is 0 Å². The number of benzene rings is 8. The largest absolute Gasteiger partial charge is 0.309 e. The van der Waals surface area contributed by atoms with Crippen molar-refractivity contribution in [3.63, 3.8) is 0 Å². The third kappa shape index (κ3) is 4.47. The van der Waals surface area contributed by atoms with E-state index in [-0.39, 0.29) is 5.41 Å². The monoisotopic (exact) mass is 690 g/mol. The lowest BCUT2D eigenvalue weighted by molar-refractivity contribution is 0.661. The molecule has 0 radical (unpaired) electrons. The van der Waals surface area contributed by atoms with Crippen molar-refractivity contribution in [3.05, 3.63) is 193 Å². The molecule has 2 aromatic heterocycles. The molecule has 0 saturated carbocycles. The molecule has 11 rings (SSSR count). The van der Waals surface area contributed by atoms with Gasteiger partial charge in [-0.15, -0.1) is 0 Å². The molecule has 54 heavy (non-hydrogen) atoms. The lowest BCUT2D eigenvalue weighted by atomic mass is 9.80. The number of rotatable bonds is 4. The molecule has 0 saturated heterocycles. The summed E-state index contributed by atoms with van der Waals surface area (Å²) in [5, 5.41) is 5.11. The smallest absolute Gasteiger partial charge is 0.0541 e. The van der Waals surface area contributed by atoms with Crippen molar-refractivity contribution in [2.75, 3.05) is 0 Å². The van der Waals surface area contributed by atoms with E-state index in [1.807, 2.05) is 0 Å². The van der Waals surface area contributed by atoms with Gasteiger partial charge in [0.2, 0.25) is 0 Å². The SMILES string of the molecule is Cc1ccc(-n2c3ccccc3c3cc(-c4ccc5c(c4)C(C)(C)c4cc(-c6ccc7c(c6)c6ccccc6n7-c6ccccc6)ccc4-5)ccc32)cc1. The Hall–Kier alpha value is -6.64. The summed E-state index contributed by atoms with van der Waals surface area (Å²) < 4.78 is 4.78. The number of hydrogen-bond acceptors (Lipinski definition) is 0. The normalized spacial score (nSPS) is 13.2. The zero-order valence-electron chi connectivity index (χ0n) is 30.6. The van der Waals surface area contributed by atoms with Crippen molar-refractivity contribution in [2.45, 2.75) is 26.2 Å². The molecule has 0 aliphatic heterocycles. The summed E-state index contributed by atoms with van der Waals surface area (Å²) in [5.41, 5.74) is 18.9. The number of aromatic nitrogens is 2. The van der Waals surface area contributed by atoms with Crippen LogP contribution in [-0.4, -0.2) is 9.13 Å². The maximum atomic E-state index is 2.44. The number of fused-ring (bicyclic) bond motifs is 9. The zero-order chi connectivity index (χ0) is 36.1. The summed E-state index contributed by atoms with van der Waals surface area (Å²) in [6, 6.07) is 65.3. The van der Waals surface area contributed by atoms with Gasteiger partial charge in [-0.3, -0.25) is 0 Å². The van der Waals surface area contributed by atoms with Gasteiger partial charge in [-0.1, -0.05) is 123 Å². The van der Waals surface area contributed by atoms with Crippen LogP contribution in [0.25, 0.3) is 88.4 Å². The van der Waals surface area contributed by atoms with E-state index in [4.69, 9.17) is 0 Å². The van der Waals surface area contributed by atoms with Crippen LogP contribution in [0.5, 0.6) is 0 Å². The Morgan fingerprint density at radius 1 is 0.352 bits per heavy atom. The van der Waals surface area contributed by atoms with Gasteiger partial charge < -0.3 is 9.13 Å². The highest BCUT2D eigenvalue weighted by Crippen LogP contribution is 2.51. The van der Waals surface area contributed by atoms with E-state index in [0.717, 1.165) is 0 Å². The van der Waals surface area contributed by atoms with E-state index in [0.29, 0.717) is 0 Å². The summed E-state index contributed by atoms with van der Waals surface area (Å²) in [4.78, 5) is 0. The van der Waals surface area contributed by atoms with E-state index in [1.54, 1.807) is 0 Å². The summed E-state index contributed by atoms with van der Waals surface area (Å²) in [5.74, 6) is 0. The molecule has 10 aromatic rings. The molecule has 2 nitrogen and oxygen atoms in total. The second kappa shape index (κ2) is 11.4. The average Bonchev–Trinajstić information content (AvgIpc) is 3.81. The van der Waals surface area contributed by atoms with Crippen molar-refractivity contribution in [1.82, 2.24) is 9.13 Å². The third-order valence-electron chi connectivity index (χ3n) is 12.0. The number of aryl methyl sites for hydroxylation is 1. The maximum absolute atomic E-state index is 2.44. The molecular weight excluding hydrogens is 653 g/mol. The van der Waals surface area contributed by atoms with Gasteiger partial charge in [-0.25, -0.2) is 0 Å². The van der Waals surface area contributed by atoms with E-state index >= 15 is 0 Å². The van der Waals surface area contributed by atoms with Crippen molar-refractivity contribution in [3.8, 4) is 44.8 Å². The Kier molecular flexibility index (Phi) is 6.55. The molecule has 1 aliphatic rings. The van der Waals surface area contributed by atoms with E-state index in [2.05, 4.69) is 206 Å². The molecule has 2 heterocycles. The number of hydrogen-bond donors (Lipinski definition) is 0. The fraction of sp³-hybridized carbons (Fsp3) is 0.0769. The van der Waals surface area contributed by atoms with Crippen LogP contribution in [0.15, 0.2) is 176 Å². The summed E-state index contributed by atoms with van der Waals surface area (Å²) >= 11 is 0. The summed E-state index contributed by atoms with van der Waals surface area (Å²) in [6.45, 7) is 6.92. The first-order chi connectivity index (χ1) is 26.4. The minimum atomic E-state index is -0.143. The van der Waals surface area contributed by atoms with Crippen LogP contribution in [-0.2, 0) is 5.41 Å². The molecule has 0 N–H and O–H groups in total. The molecular formula is C52H38N2. The predicted octanol–water partition coefficient (Wildman–Crippen LogP) is 13.8. The highest BCUT2D eigenvalue weighted by Gasteiger charge is 2.36. The average molecular weight is 691 g/mol. The van der Waals surface area contributed by atoms with E-state index < -0.39 is 0 Å².